The van der Waals surface area contributed by atoms with Crippen LogP contribution in [0, 0.1) is 12.8 Å². The minimum Gasteiger partial charge on any atom is -0.483 e. The van der Waals surface area contributed by atoms with E-state index in [9.17, 15) is 9.59 Å². The number of ether oxygens (including phenoxy) is 1. The number of hydrogen-bond acceptors (Lipinski definition) is 3. The fraction of sp³-hybridized carbons (Fsp3) is 0.474. The lowest BCUT2D eigenvalue weighted by Gasteiger charge is -2.18. The fourth-order valence-electron chi connectivity index (χ4n) is 2.69. The number of hydrogen-bond donors (Lipinski definition) is 2. The third-order valence-electron chi connectivity index (χ3n) is 4.11. The molecule has 130 valence electrons. The van der Waals surface area contributed by atoms with Crippen molar-refractivity contribution in [2.45, 2.75) is 46.0 Å². The molecule has 0 aromatic heterocycles. The zero-order valence-electron chi connectivity index (χ0n) is 14.6. The number of carbonyl (C=O) groups is 2. The molecular weight excluding hydrogens is 304 g/mol. The topological polar surface area (TPSA) is 67.4 Å². The second-order valence-corrected chi connectivity index (χ2v) is 6.50. The molecule has 0 unspecified atom stereocenters. The Hall–Kier alpha value is -2.30. The van der Waals surface area contributed by atoms with E-state index in [4.69, 9.17) is 4.74 Å². The summed E-state index contributed by atoms with van der Waals surface area (Å²) in [4.78, 5) is 23.9. The highest BCUT2D eigenvalue weighted by Crippen LogP contribution is 2.27. The third kappa shape index (κ3) is 5.11. The van der Waals surface area contributed by atoms with Gasteiger partial charge in [-0.1, -0.05) is 38.1 Å². The van der Waals surface area contributed by atoms with Crippen molar-refractivity contribution in [2.75, 3.05) is 6.61 Å². The lowest BCUT2D eigenvalue weighted by atomic mass is 9.94. The van der Waals surface area contributed by atoms with Crippen LogP contribution < -0.4 is 15.6 Å². The van der Waals surface area contributed by atoms with Crippen LogP contribution in [0.4, 0.5) is 0 Å². The molecule has 24 heavy (non-hydrogen) atoms. The number of amides is 2. The van der Waals surface area contributed by atoms with Gasteiger partial charge in [-0.2, -0.15) is 0 Å². The number of nitrogens with one attached hydrogen (secondary N) is 2. The van der Waals surface area contributed by atoms with Gasteiger partial charge in [0.1, 0.15) is 5.75 Å². The predicted octanol–water partition coefficient (Wildman–Crippen LogP) is 3.00. The summed E-state index contributed by atoms with van der Waals surface area (Å²) in [5.41, 5.74) is 7.05. The lowest BCUT2D eigenvalue weighted by Crippen LogP contribution is -2.46. The van der Waals surface area contributed by atoms with Gasteiger partial charge in [0.25, 0.3) is 5.91 Å². The van der Waals surface area contributed by atoms with Crippen LogP contribution >= 0.6 is 0 Å². The molecule has 2 amide bonds. The summed E-state index contributed by atoms with van der Waals surface area (Å²) >= 11 is 0. The first-order valence-corrected chi connectivity index (χ1v) is 8.44. The molecule has 2 N–H and O–H groups in total. The Morgan fingerprint density at radius 3 is 2.71 bits per heavy atom. The van der Waals surface area contributed by atoms with Crippen molar-refractivity contribution in [2.24, 2.45) is 5.92 Å². The zero-order chi connectivity index (χ0) is 17.5. The van der Waals surface area contributed by atoms with Crippen LogP contribution in [0.3, 0.4) is 0 Å². The summed E-state index contributed by atoms with van der Waals surface area (Å²) in [5.74, 6) is 0.434. The summed E-state index contributed by atoms with van der Waals surface area (Å²) in [5, 5.41) is 0. The number of aryl methyl sites for hydroxylation is 1. The number of allylic oxidation sites excluding steroid dienone is 2. The molecule has 0 fully saturated rings. The largest absolute Gasteiger partial charge is 0.483 e. The van der Waals surface area contributed by atoms with Crippen LogP contribution in [0.5, 0.6) is 5.75 Å². The van der Waals surface area contributed by atoms with Crippen molar-refractivity contribution in [3.05, 3.63) is 41.5 Å². The standard InChI is InChI=1S/C19H26N2O3/c1-13(2)16-10-9-14(3)11-17(16)24-12-18(22)20-21-19(23)15-7-5-4-6-8-15/h4-5,9-11,13,15H,6-8,12H2,1-3H3,(H,20,22)(H,21,23)/t15-/m1/s1. The first-order chi connectivity index (χ1) is 11.5. The smallest absolute Gasteiger partial charge is 0.276 e. The van der Waals surface area contributed by atoms with Gasteiger partial charge in [0, 0.05) is 5.92 Å². The maximum absolute atomic E-state index is 12.0. The molecule has 0 saturated heterocycles. The molecule has 0 spiro atoms. The second-order valence-electron chi connectivity index (χ2n) is 6.50. The molecule has 0 bridgehead atoms. The number of hydrazine groups is 1. The Morgan fingerprint density at radius 1 is 1.25 bits per heavy atom. The monoisotopic (exact) mass is 330 g/mol. The number of carbonyl (C=O) groups excluding carboxylic acids is 2. The highest BCUT2D eigenvalue weighted by molar-refractivity contribution is 5.84. The van der Waals surface area contributed by atoms with Gasteiger partial charge in [-0.15, -0.1) is 0 Å². The van der Waals surface area contributed by atoms with Crippen LogP contribution in [-0.2, 0) is 9.59 Å². The van der Waals surface area contributed by atoms with Crippen molar-refractivity contribution in [1.29, 1.82) is 0 Å². The van der Waals surface area contributed by atoms with Gasteiger partial charge in [0.2, 0.25) is 5.91 Å². The normalized spacial score (nSPS) is 16.8. The zero-order valence-corrected chi connectivity index (χ0v) is 14.6. The van der Waals surface area contributed by atoms with Crippen molar-refractivity contribution in [3.8, 4) is 5.75 Å². The third-order valence-corrected chi connectivity index (χ3v) is 4.11. The molecule has 0 heterocycles. The molecule has 0 saturated carbocycles. The average Bonchev–Trinajstić information content (AvgIpc) is 2.58. The predicted molar refractivity (Wildman–Crippen MR) is 93.5 cm³/mol. The molecule has 1 aromatic carbocycles. The molecular formula is C19H26N2O3. The van der Waals surface area contributed by atoms with Gasteiger partial charge < -0.3 is 4.74 Å². The summed E-state index contributed by atoms with van der Waals surface area (Å²) in [7, 11) is 0. The van der Waals surface area contributed by atoms with Crippen molar-refractivity contribution in [1.82, 2.24) is 10.9 Å². The molecule has 5 nitrogen and oxygen atoms in total. The van der Waals surface area contributed by atoms with Crippen molar-refractivity contribution >= 4 is 11.8 Å². The second kappa shape index (κ2) is 8.52. The van der Waals surface area contributed by atoms with E-state index in [-0.39, 0.29) is 24.3 Å². The van der Waals surface area contributed by atoms with Gasteiger partial charge in [0.15, 0.2) is 6.61 Å². The molecule has 1 aliphatic carbocycles. The fourth-order valence-corrected chi connectivity index (χ4v) is 2.69. The van der Waals surface area contributed by atoms with E-state index in [1.54, 1.807) is 0 Å². The molecule has 1 aromatic rings. The number of rotatable bonds is 5. The molecule has 0 aliphatic heterocycles. The molecule has 1 atom stereocenters. The Morgan fingerprint density at radius 2 is 2.04 bits per heavy atom. The van der Waals surface area contributed by atoms with Gasteiger partial charge >= 0.3 is 0 Å². The minimum absolute atomic E-state index is 0.0689. The SMILES string of the molecule is Cc1ccc(C(C)C)c(OCC(=O)NNC(=O)[C@@H]2CC=CCC2)c1. The van der Waals surface area contributed by atoms with E-state index in [1.165, 1.54) is 0 Å². The van der Waals surface area contributed by atoms with Crippen LogP contribution in [0.1, 0.15) is 50.2 Å². The molecule has 2 rings (SSSR count). The molecule has 0 radical (unpaired) electrons. The summed E-state index contributed by atoms with van der Waals surface area (Å²) in [6, 6.07) is 5.97. The Labute approximate surface area is 143 Å². The molecule has 5 heteroatoms. The van der Waals surface area contributed by atoms with E-state index < -0.39 is 0 Å². The van der Waals surface area contributed by atoms with E-state index in [1.807, 2.05) is 31.2 Å². The number of benzene rings is 1. The summed E-state index contributed by atoms with van der Waals surface area (Å²) in [6.45, 7) is 6.01. The lowest BCUT2D eigenvalue weighted by molar-refractivity contribution is -0.132. The minimum atomic E-state index is -0.370. The van der Waals surface area contributed by atoms with Crippen molar-refractivity contribution in [3.63, 3.8) is 0 Å². The van der Waals surface area contributed by atoms with E-state index in [0.717, 1.165) is 30.4 Å². The van der Waals surface area contributed by atoms with Gasteiger partial charge in [-0.05, 0) is 49.3 Å². The van der Waals surface area contributed by atoms with Crippen LogP contribution in [0.25, 0.3) is 0 Å². The van der Waals surface area contributed by atoms with Gasteiger partial charge in [-0.3, -0.25) is 20.4 Å². The Kier molecular flexibility index (Phi) is 6.41. The van der Waals surface area contributed by atoms with Gasteiger partial charge in [-0.25, -0.2) is 0 Å². The first-order valence-electron chi connectivity index (χ1n) is 8.44. The van der Waals surface area contributed by atoms with Gasteiger partial charge in [0.05, 0.1) is 0 Å². The first kappa shape index (κ1) is 18.0. The quantitative estimate of drug-likeness (QED) is 0.644. The maximum atomic E-state index is 12.0. The van der Waals surface area contributed by atoms with Crippen molar-refractivity contribution < 1.29 is 14.3 Å². The maximum Gasteiger partial charge on any atom is 0.276 e. The highest BCUT2D eigenvalue weighted by atomic mass is 16.5. The summed E-state index contributed by atoms with van der Waals surface area (Å²) in [6.07, 6.45) is 6.52. The van der Waals surface area contributed by atoms with Crippen LogP contribution in [-0.4, -0.2) is 18.4 Å². The van der Waals surface area contributed by atoms with Crippen LogP contribution in [0.2, 0.25) is 0 Å². The Balaban J connectivity index is 1.82. The Bertz CT molecular complexity index is 623. The van der Waals surface area contributed by atoms with E-state index in [2.05, 4.69) is 30.8 Å². The summed E-state index contributed by atoms with van der Waals surface area (Å²) < 4.78 is 5.64. The average molecular weight is 330 g/mol. The molecule has 1 aliphatic rings. The highest BCUT2D eigenvalue weighted by Gasteiger charge is 2.19. The van der Waals surface area contributed by atoms with E-state index in [0.29, 0.717) is 11.7 Å². The van der Waals surface area contributed by atoms with Crippen LogP contribution in [0.15, 0.2) is 30.4 Å². The van der Waals surface area contributed by atoms with E-state index >= 15 is 0 Å².